The summed E-state index contributed by atoms with van der Waals surface area (Å²) in [6.45, 7) is 3.73. The molecule has 1 aromatic heterocycles. The molecule has 4 nitrogen and oxygen atoms in total. The molecule has 0 aromatic carbocycles. The van der Waals surface area contributed by atoms with Gasteiger partial charge in [-0.1, -0.05) is 19.5 Å². The fourth-order valence-corrected chi connectivity index (χ4v) is 1.29. The zero-order valence-corrected chi connectivity index (χ0v) is 11.4. The van der Waals surface area contributed by atoms with Crippen molar-refractivity contribution in [2.24, 2.45) is 0 Å². The summed E-state index contributed by atoms with van der Waals surface area (Å²) in [5, 5.41) is 0. The monoisotopic (exact) mass is 270 g/mol. The number of esters is 1. The smallest absolute Gasteiger partial charge is 0.465 e. The van der Waals surface area contributed by atoms with E-state index in [4.69, 9.17) is 5.73 Å². The Morgan fingerprint density at radius 1 is 1.57 bits per heavy atom. The van der Waals surface area contributed by atoms with E-state index in [1.54, 1.807) is 0 Å². The maximum Gasteiger partial charge on any atom is 3.00 e. The first kappa shape index (κ1) is 13.5. The maximum atomic E-state index is 11.2. The predicted octanol–water partition coefficient (Wildman–Crippen LogP) is 1.26. The molecule has 0 bridgehead atoms. The molecule has 0 radical (unpaired) electrons. The molecular weight excluding hydrogens is 257 g/mol. The summed E-state index contributed by atoms with van der Waals surface area (Å²) in [4.78, 5) is 14.1. The number of aromatic amines is 1. The number of aromatic nitrogens is 1. The van der Waals surface area contributed by atoms with E-state index >= 15 is 0 Å². The van der Waals surface area contributed by atoms with Crippen molar-refractivity contribution in [1.82, 2.24) is 4.98 Å². The van der Waals surface area contributed by atoms with Crippen LogP contribution in [-0.2, 0) is 37.4 Å². The van der Waals surface area contributed by atoms with E-state index in [2.05, 4.69) is 9.72 Å². The normalized spacial score (nSPS) is 9.07. The number of ether oxygens (including phenoxy) is 1. The average Bonchev–Trinajstić information content (AvgIpc) is 2.40. The Morgan fingerprint density at radius 3 is 2.50 bits per heavy atom. The number of nitrogens with two attached hydrogens (primary N) is 1. The van der Waals surface area contributed by atoms with Gasteiger partial charge in [-0.05, 0) is 5.69 Å². The quantitative estimate of drug-likeness (QED) is 0.628. The van der Waals surface area contributed by atoms with Crippen LogP contribution in [0.25, 0.3) is 0 Å². The van der Waals surface area contributed by atoms with E-state index in [9.17, 15) is 4.79 Å². The molecule has 0 aliphatic rings. The fourth-order valence-electron chi connectivity index (χ4n) is 1.29. The van der Waals surface area contributed by atoms with E-state index in [0.717, 1.165) is 11.3 Å². The summed E-state index contributed by atoms with van der Waals surface area (Å²) >= 11 is 0. The van der Waals surface area contributed by atoms with Gasteiger partial charge in [0.15, 0.2) is 0 Å². The van der Waals surface area contributed by atoms with Crippen LogP contribution < -0.4 is 5.73 Å². The standard InChI is InChI=1S/C9H13N2O2.Y/c1-4-6-5(2)11-8(7(6)10)9(12)13-3;/h4,11H,10H2,1-3H3;/q-1;+3. The first-order chi connectivity index (χ1) is 6.11. The number of H-pyrrole nitrogens is 1. The first-order valence-corrected chi connectivity index (χ1v) is 3.97. The Hall–Kier alpha value is -0.476. The number of rotatable bonds is 2. The van der Waals surface area contributed by atoms with Gasteiger partial charge in [0, 0.05) is 0 Å². The van der Waals surface area contributed by atoms with Crippen molar-refractivity contribution in [3.8, 4) is 0 Å². The van der Waals surface area contributed by atoms with Crippen molar-refractivity contribution in [3.05, 3.63) is 23.4 Å². The minimum Gasteiger partial charge on any atom is -0.465 e. The van der Waals surface area contributed by atoms with Crippen LogP contribution in [0.2, 0.25) is 0 Å². The minimum absolute atomic E-state index is 0. The topological polar surface area (TPSA) is 68.1 Å². The number of hydrogen-bond acceptors (Lipinski definition) is 3. The van der Waals surface area contributed by atoms with Gasteiger partial charge in [0.2, 0.25) is 0 Å². The summed E-state index contributed by atoms with van der Waals surface area (Å²) in [5.74, 6) is -0.436. The van der Waals surface area contributed by atoms with Crippen LogP contribution in [0, 0.1) is 13.3 Å². The van der Waals surface area contributed by atoms with Crippen LogP contribution >= 0.6 is 0 Å². The van der Waals surface area contributed by atoms with Crippen LogP contribution in [0.5, 0.6) is 0 Å². The van der Waals surface area contributed by atoms with E-state index < -0.39 is 5.97 Å². The van der Waals surface area contributed by atoms with Gasteiger partial charge in [-0.25, -0.2) is 4.79 Å². The first-order valence-electron chi connectivity index (χ1n) is 3.97. The SMILES string of the molecule is C[CH-]c1c(C)[nH]c(C(=O)OC)c1N.[Y+3]. The van der Waals surface area contributed by atoms with Crippen molar-refractivity contribution in [2.75, 3.05) is 12.8 Å². The summed E-state index contributed by atoms with van der Waals surface area (Å²) in [7, 11) is 1.33. The molecule has 72 valence electrons. The molecule has 0 aliphatic heterocycles. The Balaban J connectivity index is 0.00000169. The average molecular weight is 270 g/mol. The van der Waals surface area contributed by atoms with E-state index in [1.165, 1.54) is 7.11 Å². The summed E-state index contributed by atoms with van der Waals surface area (Å²) < 4.78 is 4.57. The van der Waals surface area contributed by atoms with Crippen molar-refractivity contribution in [3.63, 3.8) is 0 Å². The van der Waals surface area contributed by atoms with Crippen molar-refractivity contribution in [1.29, 1.82) is 0 Å². The van der Waals surface area contributed by atoms with Gasteiger partial charge in [0.25, 0.3) is 0 Å². The molecule has 14 heavy (non-hydrogen) atoms. The van der Waals surface area contributed by atoms with E-state index in [1.807, 2.05) is 20.3 Å². The second-order valence-electron chi connectivity index (χ2n) is 2.73. The van der Waals surface area contributed by atoms with Gasteiger partial charge in [-0.3, -0.25) is 0 Å². The van der Waals surface area contributed by atoms with Crippen LogP contribution in [-0.4, -0.2) is 18.1 Å². The third kappa shape index (κ3) is 2.31. The molecule has 1 heterocycles. The second kappa shape index (κ2) is 5.42. The molecule has 0 unspecified atom stereocenters. The third-order valence-electron chi connectivity index (χ3n) is 1.95. The number of aryl methyl sites for hydroxylation is 1. The van der Waals surface area contributed by atoms with Crippen molar-refractivity contribution < 1.29 is 42.2 Å². The van der Waals surface area contributed by atoms with Crippen molar-refractivity contribution in [2.45, 2.75) is 13.8 Å². The maximum absolute atomic E-state index is 11.2. The number of methoxy groups -OCH3 is 1. The summed E-state index contributed by atoms with van der Waals surface area (Å²) in [6.07, 6.45) is 1.85. The number of hydrogen-bond donors (Lipinski definition) is 2. The van der Waals surface area contributed by atoms with Gasteiger partial charge in [0.05, 0.1) is 12.8 Å². The minimum atomic E-state index is -0.436. The molecule has 0 saturated heterocycles. The summed E-state index contributed by atoms with van der Waals surface area (Å²) in [6, 6.07) is 0. The van der Waals surface area contributed by atoms with Gasteiger partial charge >= 0.3 is 38.7 Å². The molecule has 0 aliphatic carbocycles. The Bertz CT molecular complexity index is 334. The number of carbonyl (C=O) groups is 1. The second-order valence-corrected chi connectivity index (χ2v) is 2.73. The Labute approximate surface area is 108 Å². The molecule has 1 aromatic rings. The molecule has 0 spiro atoms. The van der Waals surface area contributed by atoms with E-state index in [0.29, 0.717) is 11.4 Å². The van der Waals surface area contributed by atoms with Crippen LogP contribution in [0.1, 0.15) is 28.7 Å². The van der Waals surface area contributed by atoms with Crippen LogP contribution in [0.3, 0.4) is 0 Å². The zero-order valence-electron chi connectivity index (χ0n) is 8.55. The predicted molar refractivity (Wildman–Crippen MR) is 50.4 cm³/mol. The Kier molecular flexibility index (Phi) is 5.23. The third-order valence-corrected chi connectivity index (χ3v) is 1.95. The molecule has 5 heteroatoms. The number of anilines is 1. The molecule has 0 amide bonds. The van der Waals surface area contributed by atoms with Crippen LogP contribution in [0.4, 0.5) is 5.69 Å². The molecule has 3 N–H and O–H groups in total. The largest absolute Gasteiger partial charge is 3.00 e. The molecule has 0 saturated carbocycles. The fraction of sp³-hybridized carbons (Fsp3) is 0.333. The molecule has 0 fully saturated rings. The zero-order chi connectivity index (χ0) is 10.0. The van der Waals surface area contributed by atoms with Gasteiger partial charge in [-0.2, -0.15) is 6.42 Å². The van der Waals surface area contributed by atoms with E-state index in [-0.39, 0.29) is 32.7 Å². The molecular formula is C9H13N2O2Y+2. The summed E-state index contributed by atoms with van der Waals surface area (Å²) in [5.41, 5.74) is 8.24. The number of carbonyl (C=O) groups excluding carboxylic acids is 1. The van der Waals surface area contributed by atoms with Gasteiger partial charge < -0.3 is 15.5 Å². The van der Waals surface area contributed by atoms with Gasteiger partial charge in [-0.15, -0.1) is 5.56 Å². The number of nitrogens with one attached hydrogen (secondary N) is 1. The Morgan fingerprint density at radius 2 is 2.14 bits per heavy atom. The van der Waals surface area contributed by atoms with Gasteiger partial charge in [0.1, 0.15) is 0 Å². The van der Waals surface area contributed by atoms with Crippen molar-refractivity contribution >= 4 is 11.7 Å². The molecule has 1 rings (SSSR count). The molecule has 0 atom stereocenters. The van der Waals surface area contributed by atoms with Crippen LogP contribution in [0.15, 0.2) is 0 Å². The number of nitrogen functional groups attached to an aromatic ring is 1.